The van der Waals surface area contributed by atoms with Gasteiger partial charge in [0.05, 0.1) is 17.3 Å². The van der Waals surface area contributed by atoms with E-state index in [1.165, 1.54) is 16.2 Å². The van der Waals surface area contributed by atoms with Crippen LogP contribution in [0, 0.1) is 6.92 Å². The van der Waals surface area contributed by atoms with Crippen LogP contribution in [0.25, 0.3) is 0 Å². The summed E-state index contributed by atoms with van der Waals surface area (Å²) in [5.41, 5.74) is -0.428. The van der Waals surface area contributed by atoms with Gasteiger partial charge in [0.1, 0.15) is 0 Å². The maximum absolute atomic E-state index is 12.8. The molecule has 1 aliphatic heterocycles. The van der Waals surface area contributed by atoms with Crippen molar-refractivity contribution < 1.29 is 9.59 Å². The van der Waals surface area contributed by atoms with Gasteiger partial charge in [0.25, 0.3) is 11.5 Å². The van der Waals surface area contributed by atoms with Gasteiger partial charge in [0.15, 0.2) is 0 Å². The van der Waals surface area contributed by atoms with Crippen molar-refractivity contribution in [1.29, 1.82) is 0 Å². The second-order valence-electron chi connectivity index (χ2n) is 6.84. The minimum atomic E-state index is -0.579. The van der Waals surface area contributed by atoms with Crippen molar-refractivity contribution in [1.82, 2.24) is 19.8 Å². The third-order valence-corrected chi connectivity index (χ3v) is 5.90. The Hall–Kier alpha value is -2.68. The molecule has 144 valence electrons. The highest BCUT2D eigenvalue weighted by Crippen LogP contribution is 2.36. The number of likely N-dealkylation sites (tertiary alicyclic amines) is 1. The Bertz CT molecular complexity index is 988. The summed E-state index contributed by atoms with van der Waals surface area (Å²) in [5, 5.41) is 0. The quantitative estimate of drug-likeness (QED) is 0.813. The van der Waals surface area contributed by atoms with Crippen LogP contribution >= 0.6 is 11.3 Å². The molecule has 1 aliphatic rings. The first kappa shape index (κ1) is 19.1. The number of hydrogen-bond donors (Lipinski definition) is 2. The molecule has 2 amide bonds. The van der Waals surface area contributed by atoms with E-state index in [1.54, 1.807) is 32.0 Å². The summed E-state index contributed by atoms with van der Waals surface area (Å²) < 4.78 is 0. The van der Waals surface area contributed by atoms with Gasteiger partial charge >= 0.3 is 5.69 Å². The molecular formula is C18H22N4O4S. The van der Waals surface area contributed by atoms with Gasteiger partial charge in [0, 0.05) is 36.8 Å². The van der Waals surface area contributed by atoms with Crippen LogP contribution in [-0.2, 0) is 11.2 Å². The van der Waals surface area contributed by atoms with Crippen LogP contribution in [0.1, 0.15) is 44.7 Å². The molecule has 3 heterocycles. The predicted molar refractivity (Wildman–Crippen MR) is 102 cm³/mol. The van der Waals surface area contributed by atoms with E-state index < -0.39 is 11.2 Å². The van der Waals surface area contributed by atoms with Crippen molar-refractivity contribution >= 4 is 23.2 Å². The van der Waals surface area contributed by atoms with Crippen molar-refractivity contribution in [2.75, 3.05) is 20.6 Å². The van der Waals surface area contributed by atoms with Gasteiger partial charge in [-0.05, 0) is 31.9 Å². The summed E-state index contributed by atoms with van der Waals surface area (Å²) in [4.78, 5) is 57.9. The van der Waals surface area contributed by atoms with E-state index in [1.807, 2.05) is 6.07 Å². The largest absolute Gasteiger partial charge is 0.344 e. The molecule has 0 aliphatic carbocycles. The Kier molecular flexibility index (Phi) is 5.31. The monoisotopic (exact) mass is 390 g/mol. The zero-order chi connectivity index (χ0) is 19.7. The molecule has 2 aromatic heterocycles. The van der Waals surface area contributed by atoms with Crippen molar-refractivity contribution in [3.63, 3.8) is 0 Å². The molecule has 0 bridgehead atoms. The molecule has 27 heavy (non-hydrogen) atoms. The van der Waals surface area contributed by atoms with Gasteiger partial charge in [0.2, 0.25) is 5.91 Å². The summed E-state index contributed by atoms with van der Waals surface area (Å²) in [6.45, 7) is 2.22. The molecular weight excluding hydrogens is 368 g/mol. The standard InChI is InChI=1S/C18H22N4O4S/c1-10-11(16(24)20-18(26)19-10)9-15(23)22-8-4-5-12(22)13-6-7-14(27-13)17(25)21(2)3/h6-7,12H,4-5,8-9H2,1-3H3,(H2,19,20,24,26). The lowest BCUT2D eigenvalue weighted by Crippen LogP contribution is -2.35. The highest BCUT2D eigenvalue weighted by molar-refractivity contribution is 7.14. The third kappa shape index (κ3) is 3.87. The summed E-state index contributed by atoms with van der Waals surface area (Å²) in [6.07, 6.45) is 1.62. The SMILES string of the molecule is Cc1[nH]c(=O)[nH]c(=O)c1CC(=O)N1CCCC1c1ccc(C(=O)N(C)C)s1. The van der Waals surface area contributed by atoms with Gasteiger partial charge in [-0.25, -0.2) is 4.79 Å². The molecule has 8 nitrogen and oxygen atoms in total. The van der Waals surface area contributed by atoms with Gasteiger partial charge in [-0.1, -0.05) is 0 Å². The molecule has 1 unspecified atom stereocenters. The summed E-state index contributed by atoms with van der Waals surface area (Å²) >= 11 is 1.40. The lowest BCUT2D eigenvalue weighted by Gasteiger charge is -2.24. The molecule has 2 N–H and O–H groups in total. The fourth-order valence-electron chi connectivity index (χ4n) is 3.32. The molecule has 0 saturated carbocycles. The predicted octanol–water partition coefficient (Wildman–Crippen LogP) is 1.04. The highest BCUT2D eigenvalue weighted by atomic mass is 32.1. The first-order valence-corrected chi connectivity index (χ1v) is 9.52. The lowest BCUT2D eigenvalue weighted by atomic mass is 10.1. The second-order valence-corrected chi connectivity index (χ2v) is 7.95. The maximum atomic E-state index is 12.8. The molecule has 0 aromatic carbocycles. The number of aryl methyl sites for hydroxylation is 1. The van der Waals surface area contributed by atoms with E-state index in [2.05, 4.69) is 9.97 Å². The second kappa shape index (κ2) is 7.51. The molecule has 1 saturated heterocycles. The van der Waals surface area contributed by atoms with Crippen LogP contribution in [0.15, 0.2) is 21.7 Å². The minimum absolute atomic E-state index is 0.0578. The average molecular weight is 390 g/mol. The fourth-order valence-corrected chi connectivity index (χ4v) is 4.50. The normalized spacial score (nSPS) is 16.6. The lowest BCUT2D eigenvalue weighted by molar-refractivity contribution is -0.131. The molecule has 9 heteroatoms. The highest BCUT2D eigenvalue weighted by Gasteiger charge is 2.32. The number of aromatic nitrogens is 2. The first-order valence-electron chi connectivity index (χ1n) is 8.71. The van der Waals surface area contributed by atoms with Crippen LogP contribution in [-0.4, -0.2) is 52.2 Å². The topological polar surface area (TPSA) is 106 Å². The third-order valence-electron chi connectivity index (χ3n) is 4.73. The number of nitrogens with one attached hydrogen (secondary N) is 2. The Morgan fingerprint density at radius 3 is 2.67 bits per heavy atom. The molecule has 1 fully saturated rings. The number of carbonyl (C=O) groups is 2. The van der Waals surface area contributed by atoms with Crippen LogP contribution in [0.4, 0.5) is 0 Å². The Labute approximate surface area is 159 Å². The van der Waals surface area contributed by atoms with E-state index in [-0.39, 0.29) is 29.8 Å². The van der Waals surface area contributed by atoms with E-state index in [0.29, 0.717) is 17.1 Å². The van der Waals surface area contributed by atoms with E-state index >= 15 is 0 Å². The van der Waals surface area contributed by atoms with Gasteiger partial charge in [-0.15, -0.1) is 11.3 Å². The van der Waals surface area contributed by atoms with E-state index in [4.69, 9.17) is 0 Å². The maximum Gasteiger partial charge on any atom is 0.325 e. The van der Waals surface area contributed by atoms with Crippen molar-refractivity contribution in [2.45, 2.75) is 32.2 Å². The van der Waals surface area contributed by atoms with Gasteiger partial charge in [-0.2, -0.15) is 0 Å². The van der Waals surface area contributed by atoms with E-state index in [0.717, 1.165) is 17.7 Å². The fraction of sp³-hybridized carbons (Fsp3) is 0.444. The van der Waals surface area contributed by atoms with Crippen LogP contribution < -0.4 is 11.2 Å². The van der Waals surface area contributed by atoms with Crippen molar-refractivity contribution in [3.8, 4) is 0 Å². The number of carbonyl (C=O) groups excluding carboxylic acids is 2. The summed E-state index contributed by atoms with van der Waals surface area (Å²) in [6, 6.07) is 3.60. The Morgan fingerprint density at radius 1 is 1.26 bits per heavy atom. The smallest absolute Gasteiger partial charge is 0.325 e. The van der Waals surface area contributed by atoms with Crippen LogP contribution in [0.5, 0.6) is 0 Å². The molecule has 1 atom stereocenters. The number of hydrogen-bond acceptors (Lipinski definition) is 5. The average Bonchev–Trinajstić information content (AvgIpc) is 3.25. The van der Waals surface area contributed by atoms with Crippen LogP contribution in [0.3, 0.4) is 0 Å². The number of nitrogens with zero attached hydrogens (tertiary/aromatic N) is 2. The first-order chi connectivity index (χ1) is 12.8. The number of amides is 2. The molecule has 2 aromatic rings. The molecule has 0 radical (unpaired) electrons. The Morgan fingerprint density at radius 2 is 2.00 bits per heavy atom. The summed E-state index contributed by atoms with van der Waals surface area (Å²) in [5.74, 6) is -0.218. The number of thiophene rings is 1. The van der Waals surface area contributed by atoms with Crippen molar-refractivity contribution in [3.05, 3.63) is 54.0 Å². The number of H-pyrrole nitrogens is 2. The van der Waals surface area contributed by atoms with Gasteiger partial charge < -0.3 is 14.8 Å². The van der Waals surface area contributed by atoms with E-state index in [9.17, 15) is 19.2 Å². The summed E-state index contributed by atoms with van der Waals surface area (Å²) in [7, 11) is 3.41. The van der Waals surface area contributed by atoms with Crippen molar-refractivity contribution in [2.24, 2.45) is 0 Å². The zero-order valence-electron chi connectivity index (χ0n) is 15.5. The molecule has 3 rings (SSSR count). The zero-order valence-corrected chi connectivity index (χ0v) is 16.3. The van der Waals surface area contributed by atoms with Gasteiger partial charge in [-0.3, -0.25) is 19.4 Å². The Balaban J connectivity index is 1.81. The number of aromatic amines is 2. The van der Waals surface area contributed by atoms with Crippen LogP contribution in [0.2, 0.25) is 0 Å². The number of rotatable bonds is 4. The molecule has 0 spiro atoms. The minimum Gasteiger partial charge on any atom is -0.344 e.